The monoisotopic (exact) mass is 337 g/mol. The zero-order valence-electron chi connectivity index (χ0n) is 12.5. The lowest BCUT2D eigenvalue weighted by Gasteiger charge is -2.33. The molecule has 118 valence electrons. The molecule has 0 N–H and O–H groups in total. The zero-order chi connectivity index (χ0) is 15.5. The van der Waals surface area contributed by atoms with Gasteiger partial charge in [0.15, 0.2) is 4.96 Å². The molecule has 0 bridgehead atoms. The van der Waals surface area contributed by atoms with Gasteiger partial charge in [0.05, 0.1) is 11.4 Å². The van der Waals surface area contributed by atoms with Crippen LogP contribution in [-0.2, 0) is 10.5 Å². The van der Waals surface area contributed by atoms with E-state index in [4.69, 9.17) is 0 Å². The first kappa shape index (κ1) is 15.6. The summed E-state index contributed by atoms with van der Waals surface area (Å²) in [6.45, 7) is 3.00. The smallest absolute Gasteiger partial charge is 0.258 e. The molecule has 1 saturated heterocycles. The largest absolute Gasteiger partial charge is 0.339 e. The molecule has 2 aromatic rings. The van der Waals surface area contributed by atoms with Crippen molar-refractivity contribution in [3.63, 3.8) is 0 Å². The molecule has 3 rings (SSSR count). The van der Waals surface area contributed by atoms with Crippen molar-refractivity contribution < 1.29 is 4.79 Å². The molecule has 5 nitrogen and oxygen atoms in total. The summed E-state index contributed by atoms with van der Waals surface area (Å²) in [4.78, 5) is 31.3. The van der Waals surface area contributed by atoms with Crippen LogP contribution in [0, 0.1) is 0 Å². The normalized spacial score (nSPS) is 18.8. The number of piperidine rings is 1. The molecule has 3 heterocycles. The SMILES string of the molecule is CC1CCCCN1C(=O)CSCc1cc(=O)n2ccsc2n1. The Balaban J connectivity index is 1.57. The first-order valence-electron chi connectivity index (χ1n) is 7.48. The van der Waals surface area contributed by atoms with Crippen LogP contribution in [0.25, 0.3) is 4.96 Å². The van der Waals surface area contributed by atoms with Gasteiger partial charge in [-0.15, -0.1) is 23.1 Å². The van der Waals surface area contributed by atoms with E-state index in [0.717, 1.165) is 25.1 Å². The molecule has 1 unspecified atom stereocenters. The van der Waals surface area contributed by atoms with Crippen LogP contribution in [0.4, 0.5) is 0 Å². The Bertz CT molecular complexity index is 725. The standard InChI is InChI=1S/C15H19N3O2S2/c1-11-4-2-3-5-17(11)14(20)10-21-9-12-8-13(19)18-6-7-22-15(18)16-12/h6-8,11H,2-5,9-10H2,1H3. The molecule has 0 radical (unpaired) electrons. The predicted molar refractivity (Wildman–Crippen MR) is 90.5 cm³/mol. The number of rotatable bonds is 4. The van der Waals surface area contributed by atoms with E-state index in [1.54, 1.807) is 16.7 Å². The van der Waals surface area contributed by atoms with Crippen molar-refractivity contribution >= 4 is 34.0 Å². The van der Waals surface area contributed by atoms with E-state index in [9.17, 15) is 9.59 Å². The summed E-state index contributed by atoms with van der Waals surface area (Å²) >= 11 is 2.98. The van der Waals surface area contributed by atoms with Crippen molar-refractivity contribution in [3.05, 3.63) is 33.7 Å². The van der Waals surface area contributed by atoms with Crippen LogP contribution in [0.1, 0.15) is 31.9 Å². The molecule has 1 amide bonds. The maximum absolute atomic E-state index is 12.3. The Hall–Kier alpha value is -1.34. The second-order valence-electron chi connectivity index (χ2n) is 5.57. The molecule has 0 aliphatic carbocycles. The average molecular weight is 337 g/mol. The van der Waals surface area contributed by atoms with E-state index in [-0.39, 0.29) is 11.5 Å². The molecule has 1 atom stereocenters. The first-order chi connectivity index (χ1) is 10.6. The molecule has 7 heteroatoms. The molecule has 1 aliphatic rings. The van der Waals surface area contributed by atoms with Gasteiger partial charge in [0.2, 0.25) is 5.91 Å². The van der Waals surface area contributed by atoms with Gasteiger partial charge in [0, 0.05) is 36.0 Å². The van der Waals surface area contributed by atoms with E-state index in [1.807, 2.05) is 10.3 Å². The van der Waals surface area contributed by atoms with Crippen molar-refractivity contribution in [1.82, 2.24) is 14.3 Å². The number of carbonyl (C=O) groups is 1. The highest BCUT2D eigenvalue weighted by Gasteiger charge is 2.22. The molecule has 0 saturated carbocycles. The molecule has 1 fully saturated rings. The summed E-state index contributed by atoms with van der Waals surface area (Å²) in [6.07, 6.45) is 5.15. The number of aromatic nitrogens is 2. The van der Waals surface area contributed by atoms with Crippen LogP contribution < -0.4 is 5.56 Å². The van der Waals surface area contributed by atoms with Gasteiger partial charge in [-0.1, -0.05) is 0 Å². The lowest BCUT2D eigenvalue weighted by molar-refractivity contribution is -0.131. The summed E-state index contributed by atoms with van der Waals surface area (Å²) in [7, 11) is 0. The van der Waals surface area contributed by atoms with Crippen molar-refractivity contribution in [2.45, 2.75) is 38.0 Å². The lowest BCUT2D eigenvalue weighted by atomic mass is 10.0. The molecule has 0 aromatic carbocycles. The maximum atomic E-state index is 12.3. The van der Waals surface area contributed by atoms with Gasteiger partial charge >= 0.3 is 0 Å². The van der Waals surface area contributed by atoms with Crippen LogP contribution >= 0.6 is 23.1 Å². The van der Waals surface area contributed by atoms with Gasteiger partial charge in [-0.25, -0.2) is 4.98 Å². The number of likely N-dealkylation sites (tertiary alicyclic amines) is 1. The summed E-state index contributed by atoms with van der Waals surface area (Å²) in [5.41, 5.74) is 0.690. The van der Waals surface area contributed by atoms with Crippen molar-refractivity contribution in [3.8, 4) is 0 Å². The van der Waals surface area contributed by atoms with Crippen molar-refractivity contribution in [2.75, 3.05) is 12.3 Å². The summed E-state index contributed by atoms with van der Waals surface area (Å²) in [5.74, 6) is 1.25. The van der Waals surface area contributed by atoms with Crippen LogP contribution in [0.2, 0.25) is 0 Å². The third kappa shape index (κ3) is 3.35. The summed E-state index contributed by atoms with van der Waals surface area (Å²) < 4.78 is 1.54. The minimum Gasteiger partial charge on any atom is -0.339 e. The minimum atomic E-state index is -0.0576. The Labute approximate surface area is 137 Å². The number of hydrogen-bond donors (Lipinski definition) is 0. The first-order valence-corrected chi connectivity index (χ1v) is 9.51. The Morgan fingerprint density at radius 3 is 3.18 bits per heavy atom. The lowest BCUT2D eigenvalue weighted by Crippen LogP contribution is -2.42. The second kappa shape index (κ2) is 6.83. The fourth-order valence-electron chi connectivity index (χ4n) is 2.76. The van der Waals surface area contributed by atoms with Crippen LogP contribution in [-0.4, -0.2) is 38.5 Å². The maximum Gasteiger partial charge on any atom is 0.258 e. The van der Waals surface area contributed by atoms with E-state index in [1.165, 1.54) is 29.5 Å². The van der Waals surface area contributed by atoms with Gasteiger partial charge in [-0.3, -0.25) is 14.0 Å². The van der Waals surface area contributed by atoms with Crippen LogP contribution in [0.3, 0.4) is 0 Å². The van der Waals surface area contributed by atoms with Crippen molar-refractivity contribution in [2.24, 2.45) is 0 Å². The van der Waals surface area contributed by atoms with E-state index in [2.05, 4.69) is 11.9 Å². The molecule has 22 heavy (non-hydrogen) atoms. The fourth-order valence-corrected chi connectivity index (χ4v) is 4.29. The van der Waals surface area contributed by atoms with Gasteiger partial charge in [0.25, 0.3) is 5.56 Å². The Kier molecular flexibility index (Phi) is 4.83. The molecular weight excluding hydrogens is 318 g/mol. The molecular formula is C15H19N3O2S2. The van der Waals surface area contributed by atoms with Crippen LogP contribution in [0.5, 0.6) is 0 Å². The number of thiazole rings is 1. The number of nitrogens with zero attached hydrogens (tertiary/aromatic N) is 3. The number of fused-ring (bicyclic) bond motifs is 1. The fraction of sp³-hybridized carbons (Fsp3) is 0.533. The highest BCUT2D eigenvalue weighted by Crippen LogP contribution is 2.19. The number of thioether (sulfide) groups is 1. The third-order valence-corrected chi connectivity index (χ3v) is 5.66. The molecule has 0 spiro atoms. The Morgan fingerprint density at radius 1 is 1.50 bits per heavy atom. The second-order valence-corrected chi connectivity index (χ2v) is 7.42. The predicted octanol–water partition coefficient (Wildman–Crippen LogP) is 2.39. The number of amides is 1. The molecule has 1 aliphatic heterocycles. The summed E-state index contributed by atoms with van der Waals surface area (Å²) in [5, 5.41) is 1.85. The third-order valence-electron chi connectivity index (χ3n) is 3.96. The van der Waals surface area contributed by atoms with Crippen LogP contribution in [0.15, 0.2) is 22.4 Å². The topological polar surface area (TPSA) is 54.7 Å². The van der Waals surface area contributed by atoms with E-state index < -0.39 is 0 Å². The van der Waals surface area contributed by atoms with Gasteiger partial charge in [-0.2, -0.15) is 0 Å². The highest BCUT2D eigenvalue weighted by atomic mass is 32.2. The van der Waals surface area contributed by atoms with E-state index >= 15 is 0 Å². The van der Waals surface area contributed by atoms with Crippen molar-refractivity contribution in [1.29, 1.82) is 0 Å². The van der Waals surface area contributed by atoms with Gasteiger partial charge in [-0.05, 0) is 26.2 Å². The highest BCUT2D eigenvalue weighted by molar-refractivity contribution is 7.99. The zero-order valence-corrected chi connectivity index (χ0v) is 14.2. The van der Waals surface area contributed by atoms with E-state index in [0.29, 0.717) is 22.5 Å². The summed E-state index contributed by atoms with van der Waals surface area (Å²) in [6, 6.07) is 1.91. The van der Waals surface area contributed by atoms with Gasteiger partial charge < -0.3 is 4.90 Å². The minimum absolute atomic E-state index is 0.0576. The number of carbonyl (C=O) groups excluding carboxylic acids is 1. The number of hydrogen-bond acceptors (Lipinski definition) is 5. The quantitative estimate of drug-likeness (QED) is 0.860. The average Bonchev–Trinajstić information content (AvgIpc) is 2.96. The Morgan fingerprint density at radius 2 is 2.36 bits per heavy atom. The molecule has 2 aromatic heterocycles. The van der Waals surface area contributed by atoms with Gasteiger partial charge in [0.1, 0.15) is 0 Å².